The van der Waals surface area contributed by atoms with Crippen LogP contribution in [0.4, 0.5) is 0 Å². The molecule has 0 saturated carbocycles. The molecule has 2 heterocycles. The average molecular weight is 1310 g/mol. The highest BCUT2D eigenvalue weighted by Crippen LogP contribution is 2.29. The van der Waals surface area contributed by atoms with E-state index < -0.39 is 0 Å². The van der Waals surface area contributed by atoms with Crippen LogP contribution in [0.2, 0.25) is 0 Å². The number of aldehydes is 1. The molecule has 2 aliphatic rings. The fraction of sp³-hybridized carbons (Fsp3) is 0.565. The topological polar surface area (TPSA) is 51.2 Å². The van der Waals surface area contributed by atoms with Gasteiger partial charge in [-0.25, -0.2) is 0 Å². The SMILES string of the molecule is C1CCSCC1.C1CSSC1.CCCCCS.CCCCS.CSCCCSC.CSCCCSCC=O.O=C(SCCCSC(=O)c1ccccc1)c1ccccc1.c1ccc(CSCCCSCc2ccccc2)cc1. The molecule has 16 heteroatoms. The first kappa shape index (κ1) is 80.5. The monoisotopic (exact) mass is 1310 g/mol. The maximum atomic E-state index is 11.9. The number of benzene rings is 4. The third kappa shape index (κ3) is 61.0. The maximum absolute atomic E-state index is 11.9. The minimum absolute atomic E-state index is 0.0926. The highest BCUT2D eigenvalue weighted by molar-refractivity contribution is 8.77. The molecule has 0 N–H and O–H groups in total. The van der Waals surface area contributed by atoms with E-state index in [0.29, 0.717) is 5.75 Å². The summed E-state index contributed by atoms with van der Waals surface area (Å²) in [5, 5.41) is 0.185. The van der Waals surface area contributed by atoms with Crippen LogP contribution in [0.25, 0.3) is 0 Å². The van der Waals surface area contributed by atoms with Crippen LogP contribution < -0.4 is 0 Å². The summed E-state index contributed by atoms with van der Waals surface area (Å²) in [5.74, 6) is 19.6. The lowest BCUT2D eigenvalue weighted by molar-refractivity contribution is -0.105. The highest BCUT2D eigenvalue weighted by Gasteiger charge is 2.08. The van der Waals surface area contributed by atoms with Crippen molar-refractivity contribution in [3.05, 3.63) is 144 Å². The van der Waals surface area contributed by atoms with Gasteiger partial charge in [0, 0.05) is 51.4 Å². The second-order valence-electron chi connectivity index (χ2n) is 16.9. The van der Waals surface area contributed by atoms with Gasteiger partial charge in [0.2, 0.25) is 10.2 Å². The summed E-state index contributed by atoms with van der Waals surface area (Å²) in [6.07, 6.45) is 24.4. The van der Waals surface area contributed by atoms with Gasteiger partial charge in [0.15, 0.2) is 0 Å². The van der Waals surface area contributed by atoms with E-state index >= 15 is 0 Å². The van der Waals surface area contributed by atoms with E-state index in [2.05, 4.69) is 130 Å². The molecule has 0 radical (unpaired) electrons. The Hall–Kier alpha value is 0.440. The molecule has 0 aliphatic carbocycles. The number of hydrogen-bond acceptors (Lipinski definition) is 16. The van der Waals surface area contributed by atoms with Crippen LogP contribution in [0.15, 0.2) is 121 Å². The Morgan fingerprint density at radius 3 is 1.14 bits per heavy atom. The van der Waals surface area contributed by atoms with E-state index in [1.54, 1.807) is 11.8 Å². The lowest BCUT2D eigenvalue weighted by atomic mass is 10.2. The third-order valence-corrected chi connectivity index (χ3v) is 21.6. The van der Waals surface area contributed by atoms with Crippen LogP contribution in [-0.2, 0) is 16.3 Å². The van der Waals surface area contributed by atoms with E-state index in [4.69, 9.17) is 0 Å². The van der Waals surface area contributed by atoms with Gasteiger partial charge in [0.1, 0.15) is 6.29 Å². The molecule has 2 saturated heterocycles. The first-order valence-corrected chi connectivity index (χ1v) is 42.1. The maximum Gasteiger partial charge on any atom is 0.219 e. The van der Waals surface area contributed by atoms with Gasteiger partial charge < -0.3 is 4.79 Å². The molecule has 3 nitrogen and oxygen atoms in total. The fourth-order valence-corrected chi connectivity index (χ4v) is 15.7. The van der Waals surface area contributed by atoms with Gasteiger partial charge in [-0.05, 0) is 145 Å². The Morgan fingerprint density at radius 1 is 0.449 bits per heavy atom. The zero-order chi connectivity index (χ0) is 57.3. The Morgan fingerprint density at radius 2 is 0.833 bits per heavy atom. The number of thiol groups is 2. The minimum atomic E-state index is 0.0926. The Kier molecular flexibility index (Phi) is 72.2. The normalized spacial score (nSPS) is 11.9. The fourth-order valence-electron chi connectivity index (χ4n) is 5.78. The van der Waals surface area contributed by atoms with Gasteiger partial charge in [0.05, 0.1) is 0 Å². The zero-order valence-corrected chi connectivity index (χ0v) is 58.7. The van der Waals surface area contributed by atoms with Gasteiger partial charge >= 0.3 is 0 Å². The number of carbonyl (C=O) groups is 3. The molecule has 0 spiro atoms. The van der Waals surface area contributed by atoms with Crippen molar-refractivity contribution in [2.75, 3.05) is 105 Å². The molecule has 442 valence electrons. The highest BCUT2D eigenvalue weighted by atomic mass is 33.1. The van der Waals surface area contributed by atoms with Crippen molar-refractivity contribution in [2.45, 2.75) is 109 Å². The summed E-state index contributed by atoms with van der Waals surface area (Å²) in [7, 11) is 3.98. The molecule has 78 heavy (non-hydrogen) atoms. The van der Waals surface area contributed by atoms with E-state index in [1.165, 1.54) is 163 Å². The van der Waals surface area contributed by atoms with Gasteiger partial charge in [-0.2, -0.15) is 108 Å². The molecule has 0 amide bonds. The number of rotatable bonds is 29. The summed E-state index contributed by atoms with van der Waals surface area (Å²) in [5.41, 5.74) is 4.33. The Labute approximate surface area is 535 Å². The average Bonchev–Trinajstić information content (AvgIpc) is 4.10. The van der Waals surface area contributed by atoms with Crippen molar-refractivity contribution in [2.24, 2.45) is 0 Å². The molecule has 4 aromatic carbocycles. The van der Waals surface area contributed by atoms with Gasteiger partial charge in [-0.15, -0.1) is 0 Å². The van der Waals surface area contributed by atoms with E-state index in [9.17, 15) is 14.4 Å². The van der Waals surface area contributed by atoms with Crippen molar-refractivity contribution in [3.63, 3.8) is 0 Å². The molecule has 6 rings (SSSR count). The largest absolute Gasteiger partial charge is 0.302 e. The quantitative estimate of drug-likeness (QED) is 0.0235. The summed E-state index contributed by atoms with van der Waals surface area (Å²) in [6.45, 7) is 4.36. The van der Waals surface area contributed by atoms with Crippen LogP contribution in [-0.4, -0.2) is 122 Å². The molecule has 0 atom stereocenters. The smallest absolute Gasteiger partial charge is 0.219 e. The summed E-state index contributed by atoms with van der Waals surface area (Å²) in [4.78, 5) is 33.5. The lowest BCUT2D eigenvalue weighted by Crippen LogP contribution is -1.98. The van der Waals surface area contributed by atoms with Gasteiger partial charge in [0.25, 0.3) is 0 Å². The molecule has 0 aromatic heterocycles. The first-order chi connectivity index (χ1) is 38.4. The Balaban J connectivity index is 0. The van der Waals surface area contributed by atoms with E-state index in [-0.39, 0.29) is 10.2 Å². The first-order valence-electron chi connectivity index (χ1n) is 27.6. The molecule has 2 fully saturated rings. The predicted molar refractivity (Wildman–Crippen MR) is 392 cm³/mol. The molecule has 4 aromatic rings. The van der Waals surface area contributed by atoms with Crippen LogP contribution in [0.5, 0.6) is 0 Å². The molecule has 0 unspecified atom stereocenters. The summed E-state index contributed by atoms with van der Waals surface area (Å²) < 4.78 is 0. The van der Waals surface area contributed by atoms with Crippen molar-refractivity contribution >= 4 is 169 Å². The second kappa shape index (κ2) is 69.9. The zero-order valence-electron chi connectivity index (χ0n) is 47.9. The summed E-state index contributed by atoms with van der Waals surface area (Å²) >= 11 is 24.3. The number of carbonyl (C=O) groups excluding carboxylic acids is 3. The van der Waals surface area contributed by atoms with Crippen LogP contribution in [0.1, 0.15) is 129 Å². The van der Waals surface area contributed by atoms with E-state index in [0.717, 1.165) is 64.1 Å². The number of thioether (sulfide) groups is 9. The van der Waals surface area contributed by atoms with Gasteiger partial charge in [-0.3, -0.25) is 9.59 Å². The standard InChI is InChI=1S/C17H16O2S2.C17H20S2.C6H12OS2.C5H12S2.C5H10S.C5H12S.C4H10S.C3H6S2/c18-16(14-8-3-1-4-9-14)20-12-7-13-21-17(19)15-10-5-2-6-11-15;1-3-8-16(9-4-1)14-18-12-7-13-19-15-17-10-5-2-6-11-17;1-8-4-2-5-9-6-3-7;1-6-4-3-5-7-2;1-2-4-6-5-3-1;1-2-3-4-5-6;1-2-3-4-5;1-2-4-5-3-1/h1-6,8-11H,7,12-13H2;1-6,8-11H,7,12-15H2;3H,2,4-6H2,1H3;3-5H2,1-2H3;1-5H2;6H,2-5H2,1H3;5H,2-4H2,1H3;1-3H2. The predicted octanol–water partition coefficient (Wildman–Crippen LogP) is 21.0. The lowest BCUT2D eigenvalue weighted by Gasteiger charge is -2.05. The molecule has 2 aliphatic heterocycles. The van der Waals surface area contributed by atoms with Crippen molar-refractivity contribution < 1.29 is 14.4 Å². The number of unbranched alkanes of at least 4 members (excludes halogenated alkanes) is 3. The third-order valence-electron chi connectivity index (χ3n) is 9.98. The van der Waals surface area contributed by atoms with Crippen LogP contribution >= 0.6 is 153 Å². The van der Waals surface area contributed by atoms with Crippen LogP contribution in [0.3, 0.4) is 0 Å². The molecular weight excluding hydrogens is 1210 g/mol. The van der Waals surface area contributed by atoms with Crippen LogP contribution in [0, 0.1) is 0 Å². The van der Waals surface area contributed by atoms with Crippen molar-refractivity contribution in [3.8, 4) is 0 Å². The second-order valence-corrected chi connectivity index (χ2v) is 30.2. The minimum Gasteiger partial charge on any atom is -0.302 e. The van der Waals surface area contributed by atoms with Crippen molar-refractivity contribution in [1.82, 2.24) is 0 Å². The van der Waals surface area contributed by atoms with Gasteiger partial charge in [-0.1, -0.05) is 206 Å². The summed E-state index contributed by atoms with van der Waals surface area (Å²) in [6, 6.07) is 40.0. The molecular formula is C62H98O3S13. The van der Waals surface area contributed by atoms with Crippen molar-refractivity contribution in [1.29, 1.82) is 0 Å². The Bertz CT molecular complexity index is 1650. The number of hydrogen-bond donors (Lipinski definition) is 2. The molecule has 0 bridgehead atoms. The van der Waals surface area contributed by atoms with E-state index in [1.807, 2.05) is 141 Å².